The van der Waals surface area contributed by atoms with Crippen molar-refractivity contribution in [2.75, 3.05) is 13.7 Å². The average molecular weight is 423 g/mol. The van der Waals surface area contributed by atoms with Crippen molar-refractivity contribution >= 4 is 23.7 Å². The van der Waals surface area contributed by atoms with Crippen LogP contribution in [0.5, 0.6) is 0 Å². The summed E-state index contributed by atoms with van der Waals surface area (Å²) in [4.78, 5) is 23.5. The minimum absolute atomic E-state index is 0.179. The van der Waals surface area contributed by atoms with E-state index >= 15 is 0 Å². The van der Waals surface area contributed by atoms with Crippen molar-refractivity contribution in [1.82, 2.24) is 5.32 Å². The van der Waals surface area contributed by atoms with Crippen molar-refractivity contribution < 1.29 is 23.5 Å². The van der Waals surface area contributed by atoms with Gasteiger partial charge in [0.15, 0.2) is 0 Å². The van der Waals surface area contributed by atoms with Crippen LogP contribution in [0.15, 0.2) is 42.5 Å². The molecule has 0 spiro atoms. The summed E-state index contributed by atoms with van der Waals surface area (Å²) in [7, 11) is 1.21. The fourth-order valence-corrected chi connectivity index (χ4v) is 3.06. The molecule has 0 heterocycles. The average Bonchev–Trinajstić information content (AvgIpc) is 2.70. The van der Waals surface area contributed by atoms with Crippen LogP contribution < -0.4 is 11.1 Å². The number of halogens is 2. The molecule has 0 aromatic heterocycles. The van der Waals surface area contributed by atoms with E-state index in [9.17, 15) is 14.0 Å². The quantitative estimate of drug-likeness (QED) is 0.633. The highest BCUT2D eigenvalue weighted by Crippen LogP contribution is 2.26. The standard InChI is InChI=1S/C21H24ClFN2O4/c1-3-29-20(26)19(25-21(27)28-2)12-16(24)10-13-4-6-14(7-5-13)17-11-15(22)8-9-18(17)23/h4-9,11,16,19H,3,10,12,24H2,1-2H3,(H,25,27)/t16-,19-/m1/s1. The number of rotatable bonds is 8. The summed E-state index contributed by atoms with van der Waals surface area (Å²) in [5, 5.41) is 2.89. The maximum absolute atomic E-state index is 14.0. The number of carbonyl (C=O) groups is 2. The topological polar surface area (TPSA) is 90.6 Å². The lowest BCUT2D eigenvalue weighted by molar-refractivity contribution is -0.145. The molecular formula is C21H24ClFN2O4. The van der Waals surface area contributed by atoms with E-state index in [1.54, 1.807) is 25.1 Å². The lowest BCUT2D eigenvalue weighted by Gasteiger charge is -2.20. The van der Waals surface area contributed by atoms with Crippen molar-refractivity contribution in [2.45, 2.75) is 31.8 Å². The molecule has 0 unspecified atom stereocenters. The maximum Gasteiger partial charge on any atom is 0.407 e. The van der Waals surface area contributed by atoms with E-state index in [1.807, 2.05) is 12.1 Å². The Hall–Kier alpha value is -2.64. The lowest BCUT2D eigenvalue weighted by atomic mass is 9.97. The summed E-state index contributed by atoms with van der Waals surface area (Å²) in [6, 6.07) is 10.3. The van der Waals surface area contributed by atoms with Gasteiger partial charge in [-0.2, -0.15) is 0 Å². The van der Waals surface area contributed by atoms with Gasteiger partial charge in [-0.15, -0.1) is 0 Å². The molecule has 0 aliphatic rings. The van der Waals surface area contributed by atoms with Gasteiger partial charge in [-0.25, -0.2) is 14.0 Å². The second-order valence-electron chi connectivity index (χ2n) is 6.46. The predicted molar refractivity (Wildman–Crippen MR) is 109 cm³/mol. The number of methoxy groups -OCH3 is 1. The van der Waals surface area contributed by atoms with Gasteiger partial charge in [-0.3, -0.25) is 0 Å². The normalized spacial score (nSPS) is 12.7. The van der Waals surface area contributed by atoms with Crippen LogP contribution in [0.25, 0.3) is 11.1 Å². The van der Waals surface area contributed by atoms with Gasteiger partial charge in [-0.1, -0.05) is 35.9 Å². The van der Waals surface area contributed by atoms with Crippen LogP contribution in [0.4, 0.5) is 9.18 Å². The predicted octanol–water partition coefficient (Wildman–Crippen LogP) is 3.69. The molecule has 3 N–H and O–H groups in total. The first-order valence-corrected chi connectivity index (χ1v) is 9.52. The highest BCUT2D eigenvalue weighted by Gasteiger charge is 2.25. The number of esters is 1. The number of hydrogen-bond acceptors (Lipinski definition) is 5. The van der Waals surface area contributed by atoms with Crippen LogP contribution in [0.2, 0.25) is 5.02 Å². The smallest absolute Gasteiger partial charge is 0.407 e. The summed E-state index contributed by atoms with van der Waals surface area (Å²) in [5.41, 5.74) is 8.19. The van der Waals surface area contributed by atoms with Crippen LogP contribution >= 0.6 is 11.6 Å². The molecule has 6 nitrogen and oxygen atoms in total. The van der Waals surface area contributed by atoms with Crippen molar-refractivity contribution in [2.24, 2.45) is 5.73 Å². The molecule has 2 atom stereocenters. The fraction of sp³-hybridized carbons (Fsp3) is 0.333. The molecule has 2 rings (SSSR count). The Bertz CT molecular complexity index is 845. The highest BCUT2D eigenvalue weighted by molar-refractivity contribution is 6.30. The molecule has 2 aromatic rings. The van der Waals surface area contributed by atoms with E-state index in [0.717, 1.165) is 5.56 Å². The molecule has 29 heavy (non-hydrogen) atoms. The molecule has 0 saturated heterocycles. The zero-order valence-corrected chi connectivity index (χ0v) is 17.0. The number of hydrogen-bond donors (Lipinski definition) is 2. The maximum atomic E-state index is 14.0. The molecule has 0 saturated carbocycles. The van der Waals surface area contributed by atoms with Gasteiger partial charge in [-0.05, 0) is 49.1 Å². The molecule has 0 aliphatic carbocycles. The highest BCUT2D eigenvalue weighted by atomic mass is 35.5. The van der Waals surface area contributed by atoms with Crippen LogP contribution in [-0.2, 0) is 20.7 Å². The largest absolute Gasteiger partial charge is 0.464 e. The van der Waals surface area contributed by atoms with E-state index in [-0.39, 0.29) is 18.8 Å². The van der Waals surface area contributed by atoms with E-state index < -0.39 is 24.1 Å². The van der Waals surface area contributed by atoms with E-state index in [1.165, 1.54) is 19.2 Å². The monoisotopic (exact) mass is 422 g/mol. The third-order valence-corrected chi connectivity index (χ3v) is 4.51. The minimum atomic E-state index is -0.905. The van der Waals surface area contributed by atoms with Crippen LogP contribution in [0.1, 0.15) is 18.9 Å². The van der Waals surface area contributed by atoms with Crippen molar-refractivity contribution in [1.29, 1.82) is 0 Å². The second-order valence-corrected chi connectivity index (χ2v) is 6.90. The van der Waals surface area contributed by atoms with Crippen molar-refractivity contribution in [3.05, 3.63) is 58.9 Å². The summed E-state index contributed by atoms with van der Waals surface area (Å²) in [6.45, 7) is 1.87. The minimum Gasteiger partial charge on any atom is -0.464 e. The SMILES string of the molecule is CCOC(=O)[C@@H](C[C@H](N)Cc1ccc(-c2cc(Cl)ccc2F)cc1)NC(=O)OC. The van der Waals surface area contributed by atoms with Gasteiger partial charge < -0.3 is 20.5 Å². The molecule has 0 aliphatic heterocycles. The Labute approximate surface area is 174 Å². The third kappa shape index (κ3) is 6.73. The van der Waals surface area contributed by atoms with Gasteiger partial charge >= 0.3 is 12.1 Å². The first kappa shape index (κ1) is 22.6. The first-order valence-electron chi connectivity index (χ1n) is 9.15. The van der Waals surface area contributed by atoms with Crippen LogP contribution in [0, 0.1) is 5.82 Å². The summed E-state index contributed by atoms with van der Waals surface area (Å²) >= 11 is 5.95. The molecule has 156 valence electrons. The lowest BCUT2D eigenvalue weighted by Crippen LogP contribution is -2.45. The first-order chi connectivity index (χ1) is 13.8. The number of amides is 1. The number of alkyl carbamates (subject to hydrolysis) is 1. The molecule has 1 amide bonds. The third-order valence-electron chi connectivity index (χ3n) is 4.28. The Morgan fingerprint density at radius 3 is 2.52 bits per heavy atom. The van der Waals surface area contributed by atoms with Gasteiger partial charge in [0.2, 0.25) is 0 Å². The molecular weight excluding hydrogens is 399 g/mol. The second kappa shape index (κ2) is 10.8. The van der Waals surface area contributed by atoms with E-state index in [4.69, 9.17) is 22.1 Å². The fourth-order valence-electron chi connectivity index (χ4n) is 2.89. The molecule has 0 bridgehead atoms. The molecule has 0 fully saturated rings. The zero-order valence-electron chi connectivity index (χ0n) is 16.3. The van der Waals surface area contributed by atoms with Crippen molar-refractivity contribution in [3.8, 4) is 11.1 Å². The van der Waals surface area contributed by atoms with E-state index in [2.05, 4.69) is 10.1 Å². The van der Waals surface area contributed by atoms with Gasteiger partial charge in [0.25, 0.3) is 0 Å². The molecule has 8 heteroatoms. The Kier molecular flexibility index (Phi) is 8.42. The molecule has 2 aromatic carbocycles. The number of nitrogens with one attached hydrogen (secondary N) is 1. The Balaban J connectivity index is 2.05. The number of carbonyl (C=O) groups excluding carboxylic acids is 2. The number of nitrogens with two attached hydrogens (primary N) is 1. The number of ether oxygens (including phenoxy) is 2. The van der Waals surface area contributed by atoms with E-state index in [0.29, 0.717) is 22.6 Å². The van der Waals surface area contributed by atoms with Gasteiger partial charge in [0.1, 0.15) is 11.9 Å². The summed E-state index contributed by atoms with van der Waals surface area (Å²) in [6.07, 6.45) is -0.0986. The number of benzene rings is 2. The Morgan fingerprint density at radius 2 is 1.90 bits per heavy atom. The van der Waals surface area contributed by atoms with Gasteiger partial charge in [0.05, 0.1) is 13.7 Å². The summed E-state index contributed by atoms with van der Waals surface area (Å²) < 4.78 is 23.5. The van der Waals surface area contributed by atoms with Gasteiger partial charge in [0, 0.05) is 16.6 Å². The van der Waals surface area contributed by atoms with Crippen molar-refractivity contribution in [3.63, 3.8) is 0 Å². The molecule has 0 radical (unpaired) electrons. The van der Waals surface area contributed by atoms with Crippen LogP contribution in [0.3, 0.4) is 0 Å². The summed E-state index contributed by atoms with van der Waals surface area (Å²) in [5.74, 6) is -0.926. The zero-order chi connectivity index (χ0) is 21.4. The Morgan fingerprint density at radius 1 is 1.21 bits per heavy atom. The van der Waals surface area contributed by atoms with Crippen LogP contribution in [-0.4, -0.2) is 37.9 Å².